The Labute approximate surface area is 327 Å². The van der Waals surface area contributed by atoms with E-state index in [-0.39, 0.29) is 16.2 Å². The van der Waals surface area contributed by atoms with Crippen LogP contribution in [0.25, 0.3) is 33.4 Å². The van der Waals surface area contributed by atoms with Gasteiger partial charge in [0.05, 0.1) is 0 Å². The highest BCUT2D eigenvalue weighted by atomic mass is 15.1. The summed E-state index contributed by atoms with van der Waals surface area (Å²) >= 11 is 0. The number of nitrogens with zero attached hydrogens (tertiary/aromatic N) is 1. The van der Waals surface area contributed by atoms with Crippen LogP contribution in [0, 0.1) is 29.1 Å². The van der Waals surface area contributed by atoms with Crippen molar-refractivity contribution >= 4 is 17.1 Å². The maximum atomic E-state index is 2.57. The minimum absolute atomic E-state index is 0.142. The van der Waals surface area contributed by atoms with E-state index in [2.05, 4.69) is 172 Å². The zero-order chi connectivity index (χ0) is 36.9. The SMILES string of the molecule is CC1(C)CCC(C)(C)c2c(-c3ccc(N(c4ccc(-c5ccccc5)cc4)c4ccc5c(c4)-c4ccccc4C54C5CC6CC7CC4C75C6)cc3)cccc21. The fraction of sp³-hybridized carbons (Fsp3) is 0.333. The van der Waals surface area contributed by atoms with Crippen LogP contribution in [0.4, 0.5) is 17.1 Å². The van der Waals surface area contributed by atoms with Gasteiger partial charge in [-0.15, -0.1) is 0 Å². The van der Waals surface area contributed by atoms with Gasteiger partial charge in [0, 0.05) is 22.5 Å². The molecule has 6 aromatic carbocycles. The van der Waals surface area contributed by atoms with E-state index < -0.39 is 0 Å². The van der Waals surface area contributed by atoms with E-state index >= 15 is 0 Å². The molecule has 4 fully saturated rings. The van der Waals surface area contributed by atoms with Gasteiger partial charge in [-0.3, -0.25) is 0 Å². The minimum Gasteiger partial charge on any atom is -0.310 e. The molecule has 0 heterocycles. The van der Waals surface area contributed by atoms with Crippen LogP contribution in [0.2, 0.25) is 0 Å². The molecule has 1 heteroatoms. The van der Waals surface area contributed by atoms with Gasteiger partial charge in [0.2, 0.25) is 0 Å². The quantitative estimate of drug-likeness (QED) is 0.172. The summed E-state index contributed by atoms with van der Waals surface area (Å²) in [6.07, 6.45) is 8.33. The van der Waals surface area contributed by atoms with Crippen molar-refractivity contribution in [1.29, 1.82) is 0 Å². The Kier molecular flexibility index (Phi) is 6.42. The third-order valence-corrected chi connectivity index (χ3v) is 16.4. The molecule has 0 saturated heterocycles. The van der Waals surface area contributed by atoms with Gasteiger partial charge in [0.15, 0.2) is 0 Å². The summed E-state index contributed by atoms with van der Waals surface area (Å²) < 4.78 is 0. The summed E-state index contributed by atoms with van der Waals surface area (Å²) in [6, 6.07) is 53.6. The topological polar surface area (TPSA) is 3.24 Å². The Bertz CT molecular complexity index is 2520. The highest BCUT2D eigenvalue weighted by molar-refractivity contribution is 5.89. The van der Waals surface area contributed by atoms with Crippen LogP contribution in [-0.4, -0.2) is 0 Å². The van der Waals surface area contributed by atoms with Gasteiger partial charge < -0.3 is 4.90 Å². The second kappa shape index (κ2) is 10.9. The lowest BCUT2D eigenvalue weighted by molar-refractivity contribution is -0.231. The van der Waals surface area contributed by atoms with E-state index in [0.717, 1.165) is 23.7 Å². The monoisotopic (exact) mass is 713 g/mol. The molecule has 6 aliphatic carbocycles. The molecular formula is C54H51N. The number of hydrogen-bond acceptors (Lipinski definition) is 1. The second-order valence-electron chi connectivity index (χ2n) is 19.6. The fourth-order valence-electron chi connectivity index (χ4n) is 14.1. The molecule has 0 N–H and O–H groups in total. The molecule has 55 heavy (non-hydrogen) atoms. The Hall–Kier alpha value is -4.88. The Balaban J connectivity index is 0.987. The first kappa shape index (κ1) is 32.4. The first-order chi connectivity index (χ1) is 26.7. The molecule has 0 radical (unpaired) electrons. The number of anilines is 3. The lowest BCUT2D eigenvalue weighted by Crippen LogP contribution is -2.73. The van der Waals surface area contributed by atoms with Gasteiger partial charge in [-0.1, -0.05) is 131 Å². The lowest BCUT2D eigenvalue weighted by atomic mass is 9.27. The maximum Gasteiger partial charge on any atom is 0.0468 e. The molecule has 0 amide bonds. The summed E-state index contributed by atoms with van der Waals surface area (Å²) in [7, 11) is 0. The normalized spacial score (nSPS) is 29.1. The van der Waals surface area contributed by atoms with E-state index in [1.54, 1.807) is 11.1 Å². The number of benzene rings is 6. The van der Waals surface area contributed by atoms with E-state index in [1.165, 1.54) is 100 Å². The molecule has 6 aromatic rings. The third kappa shape index (κ3) is 4.10. The smallest absolute Gasteiger partial charge is 0.0468 e. The molecule has 0 aliphatic heterocycles. The number of rotatable bonds is 5. The summed E-state index contributed by atoms with van der Waals surface area (Å²) in [5, 5.41) is 0. The van der Waals surface area contributed by atoms with Crippen molar-refractivity contribution in [2.45, 2.75) is 82.5 Å². The lowest BCUT2D eigenvalue weighted by Gasteiger charge is -2.76. The highest BCUT2D eigenvalue weighted by Gasteiger charge is 2.84. The van der Waals surface area contributed by atoms with E-state index in [4.69, 9.17) is 0 Å². The molecule has 6 aliphatic rings. The van der Waals surface area contributed by atoms with Crippen molar-refractivity contribution in [2.24, 2.45) is 29.1 Å². The molecule has 12 rings (SSSR count). The largest absolute Gasteiger partial charge is 0.310 e. The Morgan fingerprint density at radius 1 is 0.473 bits per heavy atom. The zero-order valence-electron chi connectivity index (χ0n) is 32.8. The molecule has 0 aromatic heterocycles. The molecule has 272 valence electrons. The molecule has 6 unspecified atom stereocenters. The van der Waals surface area contributed by atoms with Gasteiger partial charge in [-0.2, -0.15) is 0 Å². The molecule has 1 nitrogen and oxygen atoms in total. The van der Waals surface area contributed by atoms with Crippen LogP contribution in [-0.2, 0) is 16.2 Å². The second-order valence-corrected chi connectivity index (χ2v) is 19.6. The summed E-state index contributed by atoms with van der Waals surface area (Å²) in [6.45, 7) is 9.74. The fourth-order valence-corrected chi connectivity index (χ4v) is 14.1. The van der Waals surface area contributed by atoms with Crippen LogP contribution in [0.5, 0.6) is 0 Å². The van der Waals surface area contributed by atoms with Crippen molar-refractivity contribution in [3.8, 4) is 33.4 Å². The number of fused-ring (bicyclic) bond motifs is 9. The summed E-state index contributed by atoms with van der Waals surface area (Å²) in [5.41, 5.74) is 19.2. The van der Waals surface area contributed by atoms with Gasteiger partial charge in [-0.25, -0.2) is 0 Å². The van der Waals surface area contributed by atoms with Gasteiger partial charge in [0.1, 0.15) is 0 Å². The predicted octanol–water partition coefficient (Wildman–Crippen LogP) is 14.2. The van der Waals surface area contributed by atoms with Crippen LogP contribution in [0.3, 0.4) is 0 Å². The average molecular weight is 714 g/mol. The summed E-state index contributed by atoms with van der Waals surface area (Å²) in [5.74, 6) is 3.61. The highest BCUT2D eigenvalue weighted by Crippen LogP contribution is 2.89. The molecule has 2 spiro atoms. The van der Waals surface area contributed by atoms with E-state index in [1.807, 2.05) is 0 Å². The van der Waals surface area contributed by atoms with E-state index in [0.29, 0.717) is 5.41 Å². The minimum atomic E-state index is 0.142. The molecule has 4 saturated carbocycles. The van der Waals surface area contributed by atoms with Crippen molar-refractivity contribution in [1.82, 2.24) is 0 Å². The van der Waals surface area contributed by atoms with Crippen LogP contribution >= 0.6 is 0 Å². The Morgan fingerprint density at radius 2 is 1.07 bits per heavy atom. The predicted molar refractivity (Wildman–Crippen MR) is 228 cm³/mol. The van der Waals surface area contributed by atoms with Crippen molar-refractivity contribution in [2.75, 3.05) is 4.90 Å². The van der Waals surface area contributed by atoms with Crippen molar-refractivity contribution in [3.05, 3.63) is 162 Å². The van der Waals surface area contributed by atoms with Gasteiger partial charge >= 0.3 is 0 Å². The standard InChI is InChI=1S/C54H51N/c1-51(2)27-28-52(3,4)50-42(14-10-16-47(50)51)37-19-23-40(24-20-37)55(39-21-17-36(18-22-39)35-11-6-5-7-12-35)41-25-26-46-44(32-41)43-13-8-9-15-45(43)54(46)48-30-34-29-38-31-49(54)53(38,48)33-34/h5-26,32,34,38,48-49H,27-31,33H2,1-4H3. The molecule has 6 atom stereocenters. The zero-order valence-corrected chi connectivity index (χ0v) is 32.8. The van der Waals surface area contributed by atoms with Crippen LogP contribution in [0.15, 0.2) is 140 Å². The number of hydrogen-bond donors (Lipinski definition) is 0. The summed E-state index contributed by atoms with van der Waals surface area (Å²) in [4.78, 5) is 2.50. The van der Waals surface area contributed by atoms with Crippen molar-refractivity contribution in [3.63, 3.8) is 0 Å². The van der Waals surface area contributed by atoms with Gasteiger partial charge in [-0.05, 0) is 170 Å². The molecule has 2 bridgehead atoms. The first-order valence-corrected chi connectivity index (χ1v) is 21.1. The van der Waals surface area contributed by atoms with Crippen LogP contribution in [0.1, 0.15) is 88.5 Å². The maximum absolute atomic E-state index is 2.57. The van der Waals surface area contributed by atoms with Crippen LogP contribution < -0.4 is 4.90 Å². The average Bonchev–Trinajstić information content (AvgIpc) is 3.84. The first-order valence-electron chi connectivity index (χ1n) is 21.1. The van der Waals surface area contributed by atoms with E-state index in [9.17, 15) is 0 Å². The third-order valence-electron chi connectivity index (χ3n) is 16.4. The van der Waals surface area contributed by atoms with Gasteiger partial charge in [0.25, 0.3) is 0 Å². The molecular weight excluding hydrogens is 663 g/mol. The Morgan fingerprint density at radius 3 is 1.84 bits per heavy atom. The van der Waals surface area contributed by atoms with Crippen molar-refractivity contribution < 1.29 is 0 Å².